The maximum atomic E-state index is 13.5. The number of nitrogens with one attached hydrogen (secondary N) is 1. The van der Waals surface area contributed by atoms with E-state index in [4.69, 9.17) is 22.3 Å². The van der Waals surface area contributed by atoms with Gasteiger partial charge in [-0.2, -0.15) is 0 Å². The predicted octanol–water partition coefficient (Wildman–Crippen LogP) is 1.90. The Morgan fingerprint density at radius 3 is 2.52 bits per heavy atom. The molecule has 118 valence electrons. The van der Waals surface area contributed by atoms with Crippen LogP contribution >= 0.6 is 22.3 Å². The van der Waals surface area contributed by atoms with Crippen molar-refractivity contribution < 1.29 is 21.8 Å². The van der Waals surface area contributed by atoms with Crippen LogP contribution in [0, 0.1) is 5.82 Å². The number of hydrogen-bond donors (Lipinski definition) is 1. The highest BCUT2D eigenvalue weighted by molar-refractivity contribution is 8.13. The molecule has 0 aliphatic carbocycles. The van der Waals surface area contributed by atoms with Crippen LogP contribution in [0.4, 0.5) is 4.39 Å². The van der Waals surface area contributed by atoms with Gasteiger partial charge in [0.15, 0.2) is 0 Å². The second-order valence-electron chi connectivity index (χ2n) is 4.22. The molecule has 1 aromatic carbocycles. The molecular formula is C11H12Cl2FNO4S2. The summed E-state index contributed by atoms with van der Waals surface area (Å²) in [7, 11) is -0.397. The largest absolute Gasteiger partial charge is 0.351 e. The van der Waals surface area contributed by atoms with E-state index in [1.54, 1.807) is 6.92 Å². The molecule has 0 bridgehead atoms. The summed E-state index contributed by atoms with van der Waals surface area (Å²) >= 11 is 5.73. The number of rotatable bonds is 5. The van der Waals surface area contributed by atoms with Crippen LogP contribution in [-0.4, -0.2) is 36.6 Å². The smallest absolute Gasteiger partial charge is 0.264 e. The Bertz CT molecular complexity index is 694. The van der Waals surface area contributed by atoms with Crippen molar-refractivity contribution in [3.05, 3.63) is 28.5 Å². The molecule has 0 saturated carbocycles. The minimum Gasteiger partial charge on any atom is -0.351 e. The summed E-state index contributed by atoms with van der Waals surface area (Å²) in [6.45, 7) is 1.76. The standard InChI is InChI=1S/C11H12Cl2FNO4S2/c1-6(20(2)17)5-15-11(16)7-3-10(21(13,18)19)9(14)4-8(7)12/h3-4,6H,5H2,1-2H3,(H,15,16). The second-order valence-corrected chi connectivity index (χ2v) is 8.96. The lowest BCUT2D eigenvalue weighted by Gasteiger charge is -2.11. The average Bonchev–Trinajstić information content (AvgIpc) is 2.33. The molecule has 2 unspecified atom stereocenters. The van der Waals surface area contributed by atoms with Crippen LogP contribution in [0.2, 0.25) is 5.02 Å². The maximum absolute atomic E-state index is 13.5. The highest BCUT2D eigenvalue weighted by Gasteiger charge is 2.22. The lowest BCUT2D eigenvalue weighted by atomic mass is 10.2. The number of carbonyl (C=O) groups is 1. The van der Waals surface area contributed by atoms with Gasteiger partial charge in [0, 0.05) is 39.5 Å². The minimum absolute atomic E-state index is 0.0958. The molecule has 0 spiro atoms. The van der Waals surface area contributed by atoms with Gasteiger partial charge in [-0.05, 0) is 19.1 Å². The average molecular weight is 376 g/mol. The second kappa shape index (κ2) is 7.04. The molecule has 0 aliphatic rings. The van der Waals surface area contributed by atoms with Crippen LogP contribution < -0.4 is 5.32 Å². The van der Waals surface area contributed by atoms with E-state index in [1.165, 1.54) is 6.26 Å². The van der Waals surface area contributed by atoms with Crippen molar-refractivity contribution in [1.29, 1.82) is 0 Å². The molecule has 0 heterocycles. The van der Waals surface area contributed by atoms with Gasteiger partial charge in [-0.25, -0.2) is 12.8 Å². The molecule has 1 rings (SSSR count). The fraction of sp³-hybridized carbons (Fsp3) is 0.364. The monoisotopic (exact) mass is 375 g/mol. The highest BCUT2D eigenvalue weighted by atomic mass is 35.7. The first kappa shape index (κ1) is 18.3. The van der Waals surface area contributed by atoms with E-state index < -0.39 is 36.5 Å². The molecule has 21 heavy (non-hydrogen) atoms. The normalized spacial score (nSPS) is 14.5. The molecule has 10 heteroatoms. The third kappa shape index (κ3) is 4.91. The van der Waals surface area contributed by atoms with E-state index in [0.29, 0.717) is 6.07 Å². The number of halogens is 3. The zero-order chi connectivity index (χ0) is 16.4. The van der Waals surface area contributed by atoms with E-state index in [-0.39, 0.29) is 22.4 Å². The first-order valence-corrected chi connectivity index (χ1v) is 9.89. The first-order chi connectivity index (χ1) is 9.54. The highest BCUT2D eigenvalue weighted by Crippen LogP contribution is 2.26. The molecule has 5 nitrogen and oxygen atoms in total. The van der Waals surface area contributed by atoms with Crippen LogP contribution in [0.15, 0.2) is 17.0 Å². The number of amides is 1. The van der Waals surface area contributed by atoms with Crippen molar-refractivity contribution in [2.24, 2.45) is 0 Å². The van der Waals surface area contributed by atoms with Gasteiger partial charge in [0.05, 0.1) is 10.6 Å². The molecule has 0 saturated heterocycles. The first-order valence-electron chi connectivity index (χ1n) is 5.58. The molecule has 0 fully saturated rings. The van der Waals surface area contributed by atoms with Gasteiger partial charge in [0.1, 0.15) is 10.7 Å². The van der Waals surface area contributed by atoms with Gasteiger partial charge in [-0.1, -0.05) is 11.6 Å². The van der Waals surface area contributed by atoms with Crippen molar-refractivity contribution in [3.63, 3.8) is 0 Å². The lowest BCUT2D eigenvalue weighted by Crippen LogP contribution is -2.32. The number of carbonyl (C=O) groups excluding carboxylic acids is 1. The van der Waals surface area contributed by atoms with Crippen molar-refractivity contribution in [2.75, 3.05) is 12.8 Å². The Labute approximate surface area is 133 Å². The van der Waals surface area contributed by atoms with E-state index in [2.05, 4.69) is 5.32 Å². The van der Waals surface area contributed by atoms with Crippen molar-refractivity contribution in [1.82, 2.24) is 5.32 Å². The summed E-state index contributed by atoms with van der Waals surface area (Å²) in [5, 5.41) is 1.89. The van der Waals surface area contributed by atoms with Crippen molar-refractivity contribution in [2.45, 2.75) is 17.1 Å². The fourth-order valence-electron chi connectivity index (χ4n) is 1.34. The summed E-state index contributed by atoms with van der Waals surface area (Å²) in [5.74, 6) is -1.85. The molecule has 1 N–H and O–H groups in total. The van der Waals surface area contributed by atoms with Gasteiger partial charge >= 0.3 is 0 Å². The molecule has 0 aromatic heterocycles. The van der Waals surface area contributed by atoms with Gasteiger partial charge in [-0.15, -0.1) is 0 Å². The number of hydrogen-bond acceptors (Lipinski definition) is 4. The number of benzene rings is 1. The Hall–Kier alpha value is -0.700. The zero-order valence-electron chi connectivity index (χ0n) is 11.0. The van der Waals surface area contributed by atoms with E-state index in [9.17, 15) is 21.8 Å². The Kier molecular flexibility index (Phi) is 6.15. The Balaban J connectivity index is 3.08. The molecule has 0 aliphatic heterocycles. The van der Waals surface area contributed by atoms with Crippen LogP contribution in [-0.2, 0) is 19.9 Å². The van der Waals surface area contributed by atoms with Gasteiger partial charge < -0.3 is 5.32 Å². The topological polar surface area (TPSA) is 80.3 Å². The molecule has 2 atom stereocenters. The Morgan fingerprint density at radius 1 is 1.48 bits per heavy atom. The fourth-order valence-corrected chi connectivity index (χ4v) is 2.80. The molecule has 1 aromatic rings. The van der Waals surface area contributed by atoms with Gasteiger partial charge in [0.25, 0.3) is 15.0 Å². The summed E-state index contributed by atoms with van der Waals surface area (Å²) < 4.78 is 47.1. The Morgan fingerprint density at radius 2 is 2.05 bits per heavy atom. The molecular weight excluding hydrogens is 364 g/mol. The summed E-state index contributed by atoms with van der Waals surface area (Å²) in [6.07, 6.45) is 1.49. The molecule has 0 radical (unpaired) electrons. The SMILES string of the molecule is CC(CNC(=O)c1cc(S(=O)(=O)Cl)c(F)cc1Cl)S(C)=O. The van der Waals surface area contributed by atoms with Crippen LogP contribution in [0.5, 0.6) is 0 Å². The summed E-state index contributed by atoms with van der Waals surface area (Å²) in [6, 6.07) is 1.47. The van der Waals surface area contributed by atoms with E-state index >= 15 is 0 Å². The van der Waals surface area contributed by atoms with Crippen LogP contribution in [0.3, 0.4) is 0 Å². The van der Waals surface area contributed by atoms with Crippen molar-refractivity contribution in [3.8, 4) is 0 Å². The third-order valence-corrected chi connectivity index (χ3v) is 5.60. The quantitative estimate of drug-likeness (QED) is 0.796. The third-order valence-electron chi connectivity index (χ3n) is 2.65. The van der Waals surface area contributed by atoms with Crippen LogP contribution in [0.25, 0.3) is 0 Å². The van der Waals surface area contributed by atoms with E-state index in [1.807, 2.05) is 0 Å². The maximum Gasteiger partial charge on any atom is 0.264 e. The van der Waals surface area contributed by atoms with Gasteiger partial charge in [-0.3, -0.25) is 9.00 Å². The predicted molar refractivity (Wildman–Crippen MR) is 80.3 cm³/mol. The van der Waals surface area contributed by atoms with Crippen molar-refractivity contribution >= 4 is 48.0 Å². The summed E-state index contributed by atoms with van der Waals surface area (Å²) in [4.78, 5) is 11.1. The zero-order valence-corrected chi connectivity index (χ0v) is 14.2. The van der Waals surface area contributed by atoms with E-state index in [0.717, 1.165) is 6.07 Å². The minimum atomic E-state index is -4.34. The summed E-state index contributed by atoms with van der Waals surface area (Å²) in [5.41, 5.74) is -0.230. The van der Waals surface area contributed by atoms with Crippen LogP contribution in [0.1, 0.15) is 17.3 Å². The van der Waals surface area contributed by atoms with Gasteiger partial charge in [0.2, 0.25) is 0 Å². The molecule has 1 amide bonds. The lowest BCUT2D eigenvalue weighted by molar-refractivity contribution is 0.0954.